The maximum atomic E-state index is 13.2. The maximum Gasteiger partial charge on any atom is 0.471 e. The first-order valence-corrected chi connectivity index (χ1v) is 13.0. The lowest BCUT2D eigenvalue weighted by Gasteiger charge is -2.32. The third kappa shape index (κ3) is 5.65. The number of fused-ring (bicyclic) bond motifs is 1. The van der Waals surface area contributed by atoms with E-state index in [9.17, 15) is 42.6 Å². The van der Waals surface area contributed by atoms with Crippen LogP contribution in [0.5, 0.6) is 0 Å². The molecule has 0 radical (unpaired) electrons. The van der Waals surface area contributed by atoms with Crippen LogP contribution in [0, 0.1) is 5.92 Å². The highest BCUT2D eigenvalue weighted by molar-refractivity contribution is 14.1. The Morgan fingerprint density at radius 2 is 1.82 bits per heavy atom. The van der Waals surface area contributed by atoms with E-state index >= 15 is 0 Å². The van der Waals surface area contributed by atoms with E-state index in [1.54, 1.807) is 0 Å². The molecule has 3 N–H and O–H groups in total. The number of alkyl halides is 4. The van der Waals surface area contributed by atoms with Gasteiger partial charge < -0.3 is 24.6 Å². The molecule has 2 aliphatic rings. The number of carbonyl (C=O) groups is 2. The highest BCUT2D eigenvalue weighted by Crippen LogP contribution is 2.65. The molecular weight excluding hydrogens is 630 g/mol. The summed E-state index contributed by atoms with van der Waals surface area (Å²) in [4.78, 5) is 51.2. The third-order valence-electron chi connectivity index (χ3n) is 6.86. The van der Waals surface area contributed by atoms with Crippen LogP contribution in [0.25, 0.3) is 0 Å². The van der Waals surface area contributed by atoms with Crippen LogP contribution in [0.2, 0.25) is 0 Å². The summed E-state index contributed by atoms with van der Waals surface area (Å²) in [6, 6.07) is 0. The number of amides is 1. The zero-order valence-corrected chi connectivity index (χ0v) is 23.6. The van der Waals surface area contributed by atoms with E-state index in [4.69, 9.17) is 9.47 Å². The van der Waals surface area contributed by atoms with E-state index in [1.165, 1.54) is 20.8 Å². The van der Waals surface area contributed by atoms with Gasteiger partial charge in [0.15, 0.2) is 6.23 Å². The normalized spacial score (nSPS) is 27.1. The Hall–Kier alpha value is -1.98. The van der Waals surface area contributed by atoms with Gasteiger partial charge >= 0.3 is 23.7 Å². The molecule has 3 rings (SSSR count). The molecule has 5 atom stereocenters. The Kier molecular flexibility index (Phi) is 8.21. The lowest BCUT2D eigenvalue weighted by molar-refractivity contribution is -0.188. The van der Waals surface area contributed by atoms with E-state index < -0.39 is 83.5 Å². The van der Waals surface area contributed by atoms with Crippen LogP contribution in [0.1, 0.15) is 59.3 Å². The predicted octanol–water partition coefficient (Wildman–Crippen LogP) is 1.38. The highest BCUT2D eigenvalue weighted by atomic mass is 127. The summed E-state index contributed by atoms with van der Waals surface area (Å²) in [6.07, 6.45) is -7.00. The van der Waals surface area contributed by atoms with Crippen molar-refractivity contribution in [3.05, 3.63) is 32.6 Å². The average Bonchev–Trinajstić information content (AvgIpc) is 3.31. The van der Waals surface area contributed by atoms with Gasteiger partial charge in [-0.1, -0.05) is 36.4 Å². The predicted molar refractivity (Wildman–Crippen MR) is 134 cm³/mol. The number of carbonyl (C=O) groups excluding carboxylic acids is 2. The molecule has 1 amide bonds. The van der Waals surface area contributed by atoms with E-state index in [-0.39, 0.29) is 8.32 Å². The van der Waals surface area contributed by atoms with Crippen molar-refractivity contribution in [2.24, 2.45) is 5.92 Å². The lowest BCUT2D eigenvalue weighted by Crippen LogP contribution is -2.47. The average molecular weight is 661 g/mol. The van der Waals surface area contributed by atoms with Gasteiger partial charge in [0.1, 0.15) is 23.9 Å². The van der Waals surface area contributed by atoms with Gasteiger partial charge in [0.25, 0.3) is 5.56 Å². The van der Waals surface area contributed by atoms with Gasteiger partial charge in [-0.2, -0.15) is 13.2 Å². The molecule has 0 aromatic carbocycles. The number of aliphatic hydroxyl groups excluding tert-OH is 1. The molecule has 1 saturated heterocycles. The highest BCUT2D eigenvalue weighted by Gasteiger charge is 2.80. The summed E-state index contributed by atoms with van der Waals surface area (Å²) in [6.45, 7) is 6.20. The second-order valence-corrected chi connectivity index (χ2v) is 12.7. The molecule has 214 valence electrons. The van der Waals surface area contributed by atoms with Gasteiger partial charge in [0.05, 0.1) is 18.2 Å². The summed E-state index contributed by atoms with van der Waals surface area (Å²) in [5.74, 6) is -3.96. The minimum Gasteiger partial charge on any atom is -0.459 e. The second-order valence-electron chi connectivity index (χ2n) is 10.6. The number of aromatic nitrogens is 2. The van der Waals surface area contributed by atoms with Gasteiger partial charge in [-0.3, -0.25) is 23.9 Å². The SMILES string of the molecule is CCC(I)(CC)C1[C@H]2OC(n3cc(CN(CC(=O)OC(C)(C)C)C(=O)C(F)(F)F)c(=O)[nH]c3=O)[C@H](O)[C@@]12O. The molecule has 2 fully saturated rings. The van der Waals surface area contributed by atoms with Crippen molar-refractivity contribution in [3.63, 3.8) is 0 Å². The van der Waals surface area contributed by atoms with Gasteiger partial charge in [-0.25, -0.2) is 4.79 Å². The monoisotopic (exact) mass is 661 g/mol. The number of aliphatic hydroxyl groups is 2. The number of rotatable bonds is 8. The molecule has 1 saturated carbocycles. The quantitative estimate of drug-likeness (QED) is 0.215. The smallest absolute Gasteiger partial charge is 0.459 e. The largest absolute Gasteiger partial charge is 0.471 e. The molecular formula is C23H31F3IN3O8. The molecule has 0 spiro atoms. The fourth-order valence-electron chi connectivity index (χ4n) is 4.89. The molecule has 38 heavy (non-hydrogen) atoms. The first-order chi connectivity index (χ1) is 17.3. The van der Waals surface area contributed by atoms with Crippen LogP contribution < -0.4 is 11.2 Å². The summed E-state index contributed by atoms with van der Waals surface area (Å²) in [5, 5.41) is 22.1. The van der Waals surface area contributed by atoms with Crippen LogP contribution in [0.4, 0.5) is 13.2 Å². The lowest BCUT2D eigenvalue weighted by atomic mass is 9.92. The van der Waals surface area contributed by atoms with Crippen LogP contribution in [0.3, 0.4) is 0 Å². The number of H-pyrrole nitrogens is 1. The van der Waals surface area contributed by atoms with Gasteiger partial charge in [-0.05, 0) is 33.6 Å². The molecule has 1 aromatic heterocycles. The van der Waals surface area contributed by atoms with Crippen molar-refractivity contribution in [2.45, 2.75) is 93.2 Å². The van der Waals surface area contributed by atoms with Gasteiger partial charge in [0.2, 0.25) is 0 Å². The van der Waals surface area contributed by atoms with Crippen molar-refractivity contribution >= 4 is 34.5 Å². The van der Waals surface area contributed by atoms with Crippen molar-refractivity contribution < 1.29 is 42.4 Å². The number of ether oxygens (including phenoxy) is 2. The number of nitrogens with one attached hydrogen (secondary N) is 1. The Labute approximate surface area is 229 Å². The fourth-order valence-corrected chi connectivity index (χ4v) is 5.72. The van der Waals surface area contributed by atoms with Crippen molar-refractivity contribution in [2.75, 3.05) is 6.54 Å². The minimum absolute atomic E-state index is 0.0768. The van der Waals surface area contributed by atoms with Crippen molar-refractivity contribution in [1.29, 1.82) is 0 Å². The topological polar surface area (TPSA) is 151 Å². The number of aromatic amines is 1. The first-order valence-electron chi connectivity index (χ1n) is 12.0. The Morgan fingerprint density at radius 1 is 1.24 bits per heavy atom. The molecule has 2 heterocycles. The fraction of sp³-hybridized carbons (Fsp3) is 0.739. The zero-order chi connectivity index (χ0) is 29.0. The second kappa shape index (κ2) is 10.2. The Bertz CT molecular complexity index is 1210. The molecule has 15 heteroatoms. The summed E-state index contributed by atoms with van der Waals surface area (Å²) >= 11 is 2.21. The Balaban J connectivity index is 1.91. The number of hydrogen-bond donors (Lipinski definition) is 3. The van der Waals surface area contributed by atoms with Crippen LogP contribution in [-0.2, 0) is 25.6 Å². The van der Waals surface area contributed by atoms with Crippen LogP contribution in [0.15, 0.2) is 15.8 Å². The molecule has 1 aromatic rings. The summed E-state index contributed by atoms with van der Waals surface area (Å²) in [5.41, 5.74) is -5.35. The summed E-state index contributed by atoms with van der Waals surface area (Å²) < 4.78 is 50.9. The zero-order valence-electron chi connectivity index (χ0n) is 21.5. The molecule has 2 unspecified atom stereocenters. The maximum absolute atomic E-state index is 13.2. The number of hydrogen-bond acceptors (Lipinski definition) is 8. The number of esters is 1. The van der Waals surface area contributed by atoms with E-state index in [1.807, 2.05) is 18.8 Å². The van der Waals surface area contributed by atoms with Crippen molar-refractivity contribution in [1.82, 2.24) is 14.5 Å². The van der Waals surface area contributed by atoms with E-state index in [2.05, 4.69) is 22.6 Å². The molecule has 1 aliphatic carbocycles. The first kappa shape index (κ1) is 30.6. The van der Waals surface area contributed by atoms with E-state index in [0.29, 0.717) is 12.8 Å². The standard InChI is InChI=1S/C23H31F3IN3O8/c1-6-21(27,7-2)13-15-22(13,36)14(32)17(37-15)30-9-11(16(33)28-19(30)35)8-29(18(34)23(24,25)26)10-12(31)38-20(3,4)5/h9,13-15,17,32,36H,6-8,10H2,1-5H3,(H,28,33,35)/t13?,14-,15+,17?,22-/m0/s1. The Morgan fingerprint density at radius 3 is 2.26 bits per heavy atom. The number of nitrogens with zero attached hydrogens (tertiary/aromatic N) is 2. The van der Waals surface area contributed by atoms with E-state index in [0.717, 1.165) is 10.8 Å². The molecule has 11 nitrogen and oxygen atoms in total. The molecule has 1 aliphatic heterocycles. The third-order valence-corrected chi connectivity index (χ3v) is 9.05. The van der Waals surface area contributed by atoms with Gasteiger partial charge in [-0.15, -0.1) is 0 Å². The molecule has 0 bridgehead atoms. The number of halogens is 4. The van der Waals surface area contributed by atoms with Crippen LogP contribution in [-0.4, -0.2) is 76.1 Å². The summed E-state index contributed by atoms with van der Waals surface area (Å²) in [7, 11) is 0. The van der Waals surface area contributed by atoms with Crippen molar-refractivity contribution in [3.8, 4) is 0 Å². The van der Waals surface area contributed by atoms with Gasteiger partial charge in [0, 0.05) is 15.5 Å². The minimum atomic E-state index is -5.36. The van der Waals surface area contributed by atoms with Crippen LogP contribution >= 0.6 is 22.6 Å².